The maximum atomic E-state index is 10.6. The molecule has 0 atom stereocenters. The first-order valence-corrected chi connectivity index (χ1v) is 6.51. The number of hydrogen-bond donors (Lipinski definition) is 1. The molecule has 0 amide bonds. The standard InChI is InChI=1S/C12H13BrN4O2/c1-16-8-9(7-15-16)4-5-14-12-3-2-10(17(18)19)6-11(12)13/h2-3,6-8,14H,4-5H2,1H3. The largest absolute Gasteiger partial charge is 0.384 e. The van der Waals surface area contributed by atoms with E-state index in [9.17, 15) is 10.1 Å². The first kappa shape index (κ1) is 13.5. The molecule has 0 aliphatic carbocycles. The zero-order valence-corrected chi connectivity index (χ0v) is 11.9. The van der Waals surface area contributed by atoms with E-state index in [1.165, 1.54) is 12.1 Å². The number of rotatable bonds is 5. The van der Waals surface area contributed by atoms with Crippen molar-refractivity contribution < 1.29 is 4.92 Å². The van der Waals surface area contributed by atoms with Gasteiger partial charge >= 0.3 is 0 Å². The Morgan fingerprint density at radius 2 is 2.32 bits per heavy atom. The second kappa shape index (κ2) is 5.83. The number of hydrogen-bond acceptors (Lipinski definition) is 4. The van der Waals surface area contributed by atoms with Gasteiger partial charge in [0, 0.05) is 42.1 Å². The highest BCUT2D eigenvalue weighted by Gasteiger charge is 2.08. The van der Waals surface area contributed by atoms with Gasteiger partial charge in [0.05, 0.1) is 11.1 Å². The average molecular weight is 325 g/mol. The molecule has 2 aromatic rings. The summed E-state index contributed by atoms with van der Waals surface area (Å²) in [7, 11) is 1.88. The Hall–Kier alpha value is -1.89. The molecule has 0 bridgehead atoms. The normalized spacial score (nSPS) is 10.4. The lowest BCUT2D eigenvalue weighted by molar-refractivity contribution is -0.384. The van der Waals surface area contributed by atoms with E-state index in [1.54, 1.807) is 10.7 Å². The molecule has 100 valence electrons. The Labute approximate surface area is 118 Å². The molecule has 0 saturated heterocycles. The van der Waals surface area contributed by atoms with Crippen molar-refractivity contribution in [2.75, 3.05) is 11.9 Å². The van der Waals surface area contributed by atoms with Gasteiger partial charge in [-0.2, -0.15) is 5.10 Å². The van der Waals surface area contributed by atoms with Gasteiger partial charge in [0.1, 0.15) is 0 Å². The maximum absolute atomic E-state index is 10.6. The van der Waals surface area contributed by atoms with Crippen LogP contribution in [0.3, 0.4) is 0 Å². The summed E-state index contributed by atoms with van der Waals surface area (Å²) in [6, 6.07) is 4.68. The van der Waals surface area contributed by atoms with E-state index < -0.39 is 4.92 Å². The summed E-state index contributed by atoms with van der Waals surface area (Å²) in [5.41, 5.74) is 2.06. The van der Waals surface area contributed by atoms with E-state index in [-0.39, 0.29) is 5.69 Å². The lowest BCUT2D eigenvalue weighted by Crippen LogP contribution is -2.05. The molecule has 19 heavy (non-hydrogen) atoms. The van der Waals surface area contributed by atoms with Crippen LogP contribution in [0.2, 0.25) is 0 Å². The summed E-state index contributed by atoms with van der Waals surface area (Å²) >= 11 is 3.32. The van der Waals surface area contributed by atoms with E-state index in [1.807, 2.05) is 19.4 Å². The van der Waals surface area contributed by atoms with Crippen LogP contribution in [-0.4, -0.2) is 21.2 Å². The van der Waals surface area contributed by atoms with Crippen molar-refractivity contribution in [3.8, 4) is 0 Å². The second-order valence-corrected chi connectivity index (χ2v) is 4.97. The number of nitrogens with zero attached hydrogens (tertiary/aromatic N) is 3. The number of nitro groups is 1. The Balaban J connectivity index is 1.94. The number of non-ortho nitro benzene ring substituents is 1. The van der Waals surface area contributed by atoms with Crippen LogP contribution in [0.5, 0.6) is 0 Å². The molecule has 7 heteroatoms. The summed E-state index contributed by atoms with van der Waals surface area (Å²) in [5, 5.41) is 17.9. The highest BCUT2D eigenvalue weighted by atomic mass is 79.9. The summed E-state index contributed by atoms with van der Waals surface area (Å²) in [5.74, 6) is 0. The van der Waals surface area contributed by atoms with Crippen LogP contribution >= 0.6 is 15.9 Å². The first-order chi connectivity index (χ1) is 9.06. The molecular weight excluding hydrogens is 312 g/mol. The zero-order chi connectivity index (χ0) is 13.8. The van der Waals surface area contributed by atoms with Crippen LogP contribution in [0.4, 0.5) is 11.4 Å². The second-order valence-electron chi connectivity index (χ2n) is 4.12. The molecule has 0 aliphatic heterocycles. The molecule has 0 spiro atoms. The molecule has 1 aromatic heterocycles. The highest BCUT2D eigenvalue weighted by molar-refractivity contribution is 9.10. The summed E-state index contributed by atoms with van der Waals surface area (Å²) in [6.45, 7) is 0.738. The lowest BCUT2D eigenvalue weighted by atomic mass is 10.2. The van der Waals surface area contributed by atoms with Crippen LogP contribution in [0.1, 0.15) is 5.56 Å². The van der Waals surface area contributed by atoms with Gasteiger partial charge < -0.3 is 5.32 Å². The van der Waals surface area contributed by atoms with Crippen molar-refractivity contribution in [1.29, 1.82) is 0 Å². The SMILES string of the molecule is Cn1cc(CCNc2ccc([N+](=O)[O-])cc2Br)cn1. The number of anilines is 1. The van der Waals surface area contributed by atoms with Crippen molar-refractivity contribution in [3.05, 3.63) is 50.7 Å². The molecule has 0 fully saturated rings. The van der Waals surface area contributed by atoms with Gasteiger partial charge in [-0.15, -0.1) is 0 Å². The molecule has 0 radical (unpaired) electrons. The van der Waals surface area contributed by atoms with Gasteiger partial charge in [-0.1, -0.05) is 0 Å². The third kappa shape index (κ3) is 3.54. The van der Waals surface area contributed by atoms with Crippen molar-refractivity contribution in [2.24, 2.45) is 7.05 Å². The molecule has 0 saturated carbocycles. The Morgan fingerprint density at radius 3 is 2.89 bits per heavy atom. The zero-order valence-electron chi connectivity index (χ0n) is 10.3. The number of aromatic nitrogens is 2. The van der Waals surface area contributed by atoms with E-state index in [0.29, 0.717) is 4.47 Å². The molecule has 0 unspecified atom stereocenters. The molecular formula is C12H13BrN4O2. The maximum Gasteiger partial charge on any atom is 0.270 e. The fraction of sp³-hybridized carbons (Fsp3) is 0.250. The van der Waals surface area contributed by atoms with Gasteiger partial charge in [-0.3, -0.25) is 14.8 Å². The lowest BCUT2D eigenvalue weighted by Gasteiger charge is -2.07. The fourth-order valence-corrected chi connectivity index (χ4v) is 2.21. The van der Waals surface area contributed by atoms with Gasteiger partial charge in [-0.05, 0) is 34.0 Å². The monoisotopic (exact) mass is 324 g/mol. The minimum Gasteiger partial charge on any atom is -0.384 e. The third-order valence-electron chi connectivity index (χ3n) is 2.65. The van der Waals surface area contributed by atoms with E-state index in [0.717, 1.165) is 24.2 Å². The fourth-order valence-electron chi connectivity index (χ4n) is 1.70. The number of nitro benzene ring substituents is 1. The van der Waals surface area contributed by atoms with E-state index in [4.69, 9.17) is 0 Å². The van der Waals surface area contributed by atoms with Crippen molar-refractivity contribution in [3.63, 3.8) is 0 Å². The number of aryl methyl sites for hydroxylation is 1. The van der Waals surface area contributed by atoms with Crippen LogP contribution in [0, 0.1) is 10.1 Å². The number of benzene rings is 1. The minimum atomic E-state index is -0.413. The van der Waals surface area contributed by atoms with Crippen molar-refractivity contribution in [1.82, 2.24) is 9.78 Å². The van der Waals surface area contributed by atoms with Gasteiger partial charge in [0.15, 0.2) is 0 Å². The van der Waals surface area contributed by atoms with Gasteiger partial charge in [0.25, 0.3) is 5.69 Å². The predicted octanol–water partition coefficient (Wildman–Crippen LogP) is 2.75. The minimum absolute atomic E-state index is 0.0738. The number of nitrogens with one attached hydrogen (secondary N) is 1. The Kier molecular flexibility index (Phi) is 4.16. The van der Waals surface area contributed by atoms with Crippen molar-refractivity contribution in [2.45, 2.75) is 6.42 Å². The molecule has 2 rings (SSSR count). The molecule has 0 aliphatic rings. The third-order valence-corrected chi connectivity index (χ3v) is 3.31. The van der Waals surface area contributed by atoms with Crippen LogP contribution in [-0.2, 0) is 13.5 Å². The highest BCUT2D eigenvalue weighted by Crippen LogP contribution is 2.26. The van der Waals surface area contributed by atoms with Crippen LogP contribution in [0.15, 0.2) is 35.1 Å². The van der Waals surface area contributed by atoms with E-state index >= 15 is 0 Å². The number of halogens is 1. The summed E-state index contributed by atoms with van der Waals surface area (Å²) in [4.78, 5) is 10.2. The predicted molar refractivity (Wildman–Crippen MR) is 76.2 cm³/mol. The average Bonchev–Trinajstić information content (AvgIpc) is 2.77. The van der Waals surface area contributed by atoms with Gasteiger partial charge in [0.2, 0.25) is 0 Å². The van der Waals surface area contributed by atoms with Gasteiger partial charge in [-0.25, -0.2) is 0 Å². The summed E-state index contributed by atoms with van der Waals surface area (Å²) in [6.07, 6.45) is 4.64. The van der Waals surface area contributed by atoms with Crippen molar-refractivity contribution >= 4 is 27.3 Å². The van der Waals surface area contributed by atoms with E-state index in [2.05, 4.69) is 26.3 Å². The Bertz CT molecular complexity index is 597. The smallest absolute Gasteiger partial charge is 0.270 e. The van der Waals surface area contributed by atoms with Crippen LogP contribution < -0.4 is 5.32 Å². The molecule has 1 heterocycles. The van der Waals surface area contributed by atoms with Crippen LogP contribution in [0.25, 0.3) is 0 Å². The first-order valence-electron chi connectivity index (χ1n) is 5.71. The quantitative estimate of drug-likeness (QED) is 0.678. The molecule has 6 nitrogen and oxygen atoms in total. The molecule has 1 N–H and O–H groups in total. The topological polar surface area (TPSA) is 73.0 Å². The Morgan fingerprint density at radius 1 is 1.53 bits per heavy atom. The summed E-state index contributed by atoms with van der Waals surface area (Å²) < 4.78 is 2.45. The molecule has 1 aromatic carbocycles.